The van der Waals surface area contributed by atoms with Crippen LogP contribution >= 0.6 is 0 Å². The maximum atomic E-state index is 5.96. The molecule has 0 bridgehead atoms. The minimum atomic E-state index is 0.751. The number of hydrogen-bond donors (Lipinski definition) is 1. The van der Waals surface area contributed by atoms with Gasteiger partial charge in [-0.1, -0.05) is 24.3 Å². The van der Waals surface area contributed by atoms with Crippen molar-refractivity contribution in [3.05, 3.63) is 59.2 Å². The van der Waals surface area contributed by atoms with Crippen LogP contribution in [0.2, 0.25) is 0 Å². The highest BCUT2D eigenvalue weighted by molar-refractivity contribution is 5.40. The molecule has 0 amide bonds. The molecule has 1 aliphatic rings. The SMILES string of the molecule is Cc1ccc(C)c(Oc2ccc(CNC3CC3)cc2)c1. The Bertz CT molecular complexity index is 585. The average Bonchev–Trinajstić information content (AvgIpc) is 3.26. The smallest absolute Gasteiger partial charge is 0.130 e. The standard InChI is InChI=1S/C18H21NO/c1-13-3-4-14(2)18(11-13)20-17-9-5-15(6-10-17)12-19-16-7-8-16/h3-6,9-11,16,19H,7-8,12H2,1-2H3. The summed E-state index contributed by atoms with van der Waals surface area (Å²) in [4.78, 5) is 0. The molecule has 1 fully saturated rings. The molecular weight excluding hydrogens is 246 g/mol. The first-order chi connectivity index (χ1) is 9.70. The maximum absolute atomic E-state index is 5.96. The monoisotopic (exact) mass is 267 g/mol. The number of hydrogen-bond acceptors (Lipinski definition) is 2. The van der Waals surface area contributed by atoms with Crippen LogP contribution in [0.1, 0.15) is 29.5 Å². The first-order valence-electron chi connectivity index (χ1n) is 7.28. The van der Waals surface area contributed by atoms with E-state index in [-0.39, 0.29) is 0 Å². The average molecular weight is 267 g/mol. The van der Waals surface area contributed by atoms with Crippen LogP contribution < -0.4 is 10.1 Å². The topological polar surface area (TPSA) is 21.3 Å². The molecule has 0 aliphatic heterocycles. The number of rotatable bonds is 5. The van der Waals surface area contributed by atoms with Gasteiger partial charge in [-0.25, -0.2) is 0 Å². The number of aryl methyl sites for hydroxylation is 2. The minimum absolute atomic E-state index is 0.751. The Kier molecular flexibility index (Phi) is 3.75. The van der Waals surface area contributed by atoms with Crippen LogP contribution in [0.4, 0.5) is 0 Å². The summed E-state index contributed by atoms with van der Waals surface area (Å²) in [6.07, 6.45) is 2.65. The van der Waals surface area contributed by atoms with Gasteiger partial charge in [-0.05, 0) is 61.6 Å². The molecule has 2 aromatic carbocycles. The quantitative estimate of drug-likeness (QED) is 0.869. The van der Waals surface area contributed by atoms with Gasteiger partial charge >= 0.3 is 0 Å². The predicted octanol–water partition coefficient (Wildman–Crippen LogP) is 4.35. The van der Waals surface area contributed by atoms with E-state index in [1.54, 1.807) is 0 Å². The lowest BCUT2D eigenvalue weighted by Crippen LogP contribution is -2.14. The van der Waals surface area contributed by atoms with Gasteiger partial charge in [0.1, 0.15) is 11.5 Å². The van der Waals surface area contributed by atoms with E-state index in [1.165, 1.54) is 24.0 Å². The summed E-state index contributed by atoms with van der Waals surface area (Å²) in [5.74, 6) is 1.84. The van der Waals surface area contributed by atoms with Gasteiger partial charge in [0.2, 0.25) is 0 Å². The molecule has 3 rings (SSSR count). The summed E-state index contributed by atoms with van der Waals surface area (Å²) in [7, 11) is 0. The molecule has 2 nitrogen and oxygen atoms in total. The molecule has 0 radical (unpaired) electrons. The van der Waals surface area contributed by atoms with Crippen LogP contribution in [-0.2, 0) is 6.54 Å². The van der Waals surface area contributed by atoms with Crippen LogP contribution in [0.3, 0.4) is 0 Å². The van der Waals surface area contributed by atoms with E-state index < -0.39 is 0 Å². The summed E-state index contributed by atoms with van der Waals surface area (Å²) in [5, 5.41) is 3.52. The minimum Gasteiger partial charge on any atom is -0.457 e. The molecule has 1 N–H and O–H groups in total. The van der Waals surface area contributed by atoms with Gasteiger partial charge in [-0.15, -0.1) is 0 Å². The molecule has 2 heteroatoms. The normalized spacial score (nSPS) is 14.3. The maximum Gasteiger partial charge on any atom is 0.130 e. The molecule has 104 valence electrons. The molecule has 1 saturated carbocycles. The number of benzene rings is 2. The van der Waals surface area contributed by atoms with Crippen LogP contribution in [0.5, 0.6) is 11.5 Å². The fraction of sp³-hybridized carbons (Fsp3) is 0.333. The summed E-state index contributed by atoms with van der Waals surface area (Å²) in [5.41, 5.74) is 3.69. The third-order valence-corrected chi connectivity index (χ3v) is 3.67. The van der Waals surface area contributed by atoms with E-state index >= 15 is 0 Å². The van der Waals surface area contributed by atoms with Crippen LogP contribution in [0.15, 0.2) is 42.5 Å². The molecule has 0 unspecified atom stereocenters. The summed E-state index contributed by atoms with van der Waals surface area (Å²) >= 11 is 0. The Hall–Kier alpha value is -1.80. The highest BCUT2D eigenvalue weighted by atomic mass is 16.5. The first kappa shape index (κ1) is 13.2. The fourth-order valence-corrected chi connectivity index (χ4v) is 2.17. The van der Waals surface area contributed by atoms with Crippen molar-refractivity contribution in [1.82, 2.24) is 5.32 Å². The molecule has 0 aromatic heterocycles. The van der Waals surface area contributed by atoms with Crippen molar-refractivity contribution in [2.75, 3.05) is 0 Å². The lowest BCUT2D eigenvalue weighted by molar-refractivity contribution is 0.478. The van der Waals surface area contributed by atoms with E-state index in [9.17, 15) is 0 Å². The predicted molar refractivity (Wildman–Crippen MR) is 82.3 cm³/mol. The first-order valence-corrected chi connectivity index (χ1v) is 7.28. The molecule has 2 aromatic rings. The van der Waals surface area contributed by atoms with Gasteiger partial charge in [0.25, 0.3) is 0 Å². The van der Waals surface area contributed by atoms with E-state index in [0.717, 1.165) is 29.6 Å². The summed E-state index contributed by atoms with van der Waals surface area (Å²) in [6.45, 7) is 5.11. The number of ether oxygens (including phenoxy) is 1. The molecule has 0 saturated heterocycles. The van der Waals surface area contributed by atoms with Crippen molar-refractivity contribution in [1.29, 1.82) is 0 Å². The van der Waals surface area contributed by atoms with Gasteiger partial charge in [0.15, 0.2) is 0 Å². The Morgan fingerprint density at radius 3 is 2.50 bits per heavy atom. The van der Waals surface area contributed by atoms with E-state index in [2.05, 4.69) is 49.5 Å². The zero-order valence-electron chi connectivity index (χ0n) is 12.1. The highest BCUT2D eigenvalue weighted by Crippen LogP contribution is 2.26. The molecule has 20 heavy (non-hydrogen) atoms. The van der Waals surface area contributed by atoms with Gasteiger partial charge in [-0.3, -0.25) is 0 Å². The highest BCUT2D eigenvalue weighted by Gasteiger charge is 2.19. The fourth-order valence-electron chi connectivity index (χ4n) is 2.17. The van der Waals surface area contributed by atoms with E-state index in [1.807, 2.05) is 12.1 Å². The molecule has 0 atom stereocenters. The van der Waals surface area contributed by atoms with Crippen molar-refractivity contribution >= 4 is 0 Å². The van der Waals surface area contributed by atoms with Crippen molar-refractivity contribution in [3.63, 3.8) is 0 Å². The second-order valence-electron chi connectivity index (χ2n) is 5.67. The van der Waals surface area contributed by atoms with Crippen LogP contribution in [0.25, 0.3) is 0 Å². The van der Waals surface area contributed by atoms with Gasteiger partial charge in [0, 0.05) is 12.6 Å². The van der Waals surface area contributed by atoms with Gasteiger partial charge in [-0.2, -0.15) is 0 Å². The zero-order valence-corrected chi connectivity index (χ0v) is 12.1. The van der Waals surface area contributed by atoms with Crippen LogP contribution in [0, 0.1) is 13.8 Å². The molecule has 0 heterocycles. The van der Waals surface area contributed by atoms with E-state index in [4.69, 9.17) is 4.74 Å². The van der Waals surface area contributed by atoms with Gasteiger partial charge < -0.3 is 10.1 Å². The van der Waals surface area contributed by atoms with Crippen molar-refractivity contribution in [2.45, 2.75) is 39.3 Å². The summed E-state index contributed by atoms with van der Waals surface area (Å²) < 4.78 is 5.96. The third kappa shape index (κ3) is 3.40. The van der Waals surface area contributed by atoms with Crippen LogP contribution in [-0.4, -0.2) is 6.04 Å². The van der Waals surface area contributed by atoms with Crippen molar-refractivity contribution < 1.29 is 4.74 Å². The Morgan fingerprint density at radius 2 is 1.80 bits per heavy atom. The van der Waals surface area contributed by atoms with Crippen molar-refractivity contribution in [2.24, 2.45) is 0 Å². The number of nitrogens with one attached hydrogen (secondary N) is 1. The molecule has 0 spiro atoms. The Morgan fingerprint density at radius 1 is 1.05 bits per heavy atom. The second-order valence-corrected chi connectivity index (χ2v) is 5.67. The zero-order chi connectivity index (χ0) is 13.9. The Labute approximate surface area is 120 Å². The summed E-state index contributed by atoms with van der Waals surface area (Å²) in [6, 6.07) is 15.4. The largest absolute Gasteiger partial charge is 0.457 e. The second kappa shape index (κ2) is 5.68. The van der Waals surface area contributed by atoms with E-state index in [0.29, 0.717) is 0 Å². The van der Waals surface area contributed by atoms with Crippen molar-refractivity contribution in [3.8, 4) is 11.5 Å². The lowest BCUT2D eigenvalue weighted by atomic mass is 10.1. The Balaban J connectivity index is 1.66. The third-order valence-electron chi connectivity index (χ3n) is 3.67. The molecule has 1 aliphatic carbocycles. The lowest BCUT2D eigenvalue weighted by Gasteiger charge is -2.10. The molecular formula is C18H21NO. The van der Waals surface area contributed by atoms with Gasteiger partial charge in [0.05, 0.1) is 0 Å².